The zero-order chi connectivity index (χ0) is 25.0. The summed E-state index contributed by atoms with van der Waals surface area (Å²) in [5.41, 5.74) is 1.51. The lowest BCUT2D eigenvalue weighted by Crippen LogP contribution is -2.56. The Labute approximate surface area is 205 Å². The van der Waals surface area contributed by atoms with Crippen molar-refractivity contribution in [1.82, 2.24) is 28.0 Å². The lowest BCUT2D eigenvalue weighted by atomic mass is 9.91. The third kappa shape index (κ3) is 3.74. The Bertz CT molecular complexity index is 1560. The molecule has 2 atom stereocenters. The van der Waals surface area contributed by atoms with Crippen molar-refractivity contribution in [3.05, 3.63) is 60.6 Å². The molecule has 35 heavy (non-hydrogen) atoms. The minimum Gasteiger partial charge on any atom is -0.262 e. The van der Waals surface area contributed by atoms with Gasteiger partial charge in [-0.2, -0.15) is 5.10 Å². The number of sulfonamides is 1. The van der Waals surface area contributed by atoms with Gasteiger partial charge < -0.3 is 0 Å². The van der Waals surface area contributed by atoms with Crippen molar-refractivity contribution in [2.24, 2.45) is 7.05 Å². The largest absolute Gasteiger partial charge is 0.262 e. The van der Waals surface area contributed by atoms with E-state index < -0.39 is 30.0 Å². The molecule has 2 unspecified atom stereocenters. The second-order valence-electron chi connectivity index (χ2n) is 9.31. The van der Waals surface area contributed by atoms with Crippen molar-refractivity contribution in [1.29, 1.82) is 0 Å². The molecule has 0 aromatic carbocycles. The predicted octanol–water partition coefficient (Wildman–Crippen LogP) is 2.33. The van der Waals surface area contributed by atoms with E-state index in [0.29, 0.717) is 41.0 Å². The maximum Gasteiger partial charge on any atom is 0.249 e. The lowest BCUT2D eigenvalue weighted by Gasteiger charge is -2.39. The number of aromatic nitrogens is 5. The molecule has 0 N–H and O–H groups in total. The fraction of sp³-hybridized carbons (Fsp3) is 0.435. The van der Waals surface area contributed by atoms with Gasteiger partial charge in [0.1, 0.15) is 16.3 Å². The van der Waals surface area contributed by atoms with Gasteiger partial charge in [-0.05, 0) is 44.4 Å². The maximum absolute atomic E-state index is 14.3. The first-order valence-electron chi connectivity index (χ1n) is 11.5. The molecule has 186 valence electrons. The fourth-order valence-electron chi connectivity index (χ4n) is 5.01. The van der Waals surface area contributed by atoms with E-state index >= 15 is 0 Å². The number of hydrogen-bond acceptors (Lipinski definition) is 7. The molecule has 10 nitrogen and oxygen atoms in total. The molecule has 0 saturated carbocycles. The first-order valence-corrected chi connectivity index (χ1v) is 14.4. The quantitative estimate of drug-likeness (QED) is 0.510. The smallest absolute Gasteiger partial charge is 0.249 e. The van der Waals surface area contributed by atoms with Crippen LogP contribution < -0.4 is 0 Å². The molecule has 1 aliphatic carbocycles. The van der Waals surface area contributed by atoms with E-state index in [-0.39, 0.29) is 0 Å². The van der Waals surface area contributed by atoms with E-state index in [2.05, 4.69) is 15.1 Å². The second-order valence-corrected chi connectivity index (χ2v) is 13.6. The van der Waals surface area contributed by atoms with Gasteiger partial charge in [0.2, 0.25) is 20.0 Å². The molecule has 1 saturated heterocycles. The van der Waals surface area contributed by atoms with Crippen molar-refractivity contribution < 1.29 is 16.8 Å². The van der Waals surface area contributed by atoms with Gasteiger partial charge in [0.15, 0.2) is 5.82 Å². The Hall–Kier alpha value is -2.83. The summed E-state index contributed by atoms with van der Waals surface area (Å²) in [4.78, 5) is 8.37. The molecular weight excluding hydrogens is 488 g/mol. The number of hydrogen-bond donors (Lipinski definition) is 0. The van der Waals surface area contributed by atoms with Crippen LogP contribution >= 0.6 is 0 Å². The standard InChI is InChI=1S/C23H28N6O4S2/c1-17-14-23(2,35(32,33)29-12-8-18-7-9-24-15-20(18)29)21(13-19(17)22-25-16-27(3)26-22)34(30,31)28-10-5-4-6-11-28/h7-9,12-16,21H,4-6,10-11H2,1-3H3. The number of allylic oxidation sites excluding steroid dienone is 2. The molecule has 0 radical (unpaired) electrons. The van der Waals surface area contributed by atoms with Gasteiger partial charge in [-0.15, -0.1) is 0 Å². The van der Waals surface area contributed by atoms with Crippen LogP contribution in [0.25, 0.3) is 16.5 Å². The van der Waals surface area contributed by atoms with Crippen molar-refractivity contribution >= 4 is 36.5 Å². The van der Waals surface area contributed by atoms with Gasteiger partial charge in [-0.3, -0.25) is 9.67 Å². The Morgan fingerprint density at radius 3 is 2.51 bits per heavy atom. The van der Waals surface area contributed by atoms with Gasteiger partial charge in [0.25, 0.3) is 0 Å². The van der Waals surface area contributed by atoms with Crippen molar-refractivity contribution in [2.75, 3.05) is 13.1 Å². The Kier molecular flexibility index (Phi) is 5.72. The molecule has 2 aliphatic rings. The highest BCUT2D eigenvalue weighted by atomic mass is 32.2. The summed E-state index contributed by atoms with van der Waals surface area (Å²) < 4.78 is 58.9. The molecule has 5 rings (SSSR count). The first kappa shape index (κ1) is 23.9. The molecular formula is C23H28N6O4S2. The van der Waals surface area contributed by atoms with Gasteiger partial charge in [0.05, 0.1) is 11.7 Å². The number of aryl methyl sites for hydroxylation is 1. The Balaban J connectivity index is 1.72. The maximum atomic E-state index is 14.3. The minimum atomic E-state index is -4.25. The molecule has 4 heterocycles. The highest BCUT2D eigenvalue weighted by molar-refractivity contribution is 7.95. The molecule has 0 bridgehead atoms. The average Bonchev–Trinajstić information content (AvgIpc) is 3.46. The van der Waals surface area contributed by atoms with E-state index in [0.717, 1.165) is 23.2 Å². The average molecular weight is 517 g/mol. The van der Waals surface area contributed by atoms with Crippen LogP contribution in [0.2, 0.25) is 0 Å². The lowest BCUT2D eigenvalue weighted by molar-refractivity contribution is 0.342. The van der Waals surface area contributed by atoms with E-state index in [4.69, 9.17) is 0 Å². The van der Waals surface area contributed by atoms with E-state index in [1.165, 1.54) is 40.7 Å². The highest BCUT2D eigenvalue weighted by Gasteiger charge is 2.54. The van der Waals surface area contributed by atoms with Crippen LogP contribution in [0.1, 0.15) is 38.9 Å². The second kappa shape index (κ2) is 8.38. The van der Waals surface area contributed by atoms with Crippen LogP contribution in [0.4, 0.5) is 0 Å². The first-order chi connectivity index (χ1) is 16.6. The van der Waals surface area contributed by atoms with Gasteiger partial charge in [-0.25, -0.2) is 30.1 Å². The van der Waals surface area contributed by atoms with Crippen LogP contribution in [-0.2, 0) is 27.1 Å². The molecule has 1 fully saturated rings. The van der Waals surface area contributed by atoms with Crippen LogP contribution in [0.5, 0.6) is 0 Å². The normalized spacial score (nSPS) is 24.4. The number of nitrogens with zero attached hydrogens (tertiary/aromatic N) is 6. The van der Waals surface area contributed by atoms with Crippen molar-refractivity contribution in [3.63, 3.8) is 0 Å². The number of fused-ring (bicyclic) bond motifs is 1. The molecule has 12 heteroatoms. The van der Waals surface area contributed by atoms with Crippen LogP contribution in [0.3, 0.4) is 0 Å². The van der Waals surface area contributed by atoms with E-state index in [1.807, 2.05) is 0 Å². The summed E-state index contributed by atoms with van der Waals surface area (Å²) in [5, 5.41) is 3.68. The SMILES string of the molecule is CC1=CC(C)(S(=O)(=O)n2ccc3ccncc32)C(S(=O)(=O)N2CCCCC2)C=C1c1ncn(C)n1. The summed E-state index contributed by atoms with van der Waals surface area (Å²) >= 11 is 0. The predicted molar refractivity (Wildman–Crippen MR) is 133 cm³/mol. The summed E-state index contributed by atoms with van der Waals surface area (Å²) in [7, 11) is -6.56. The summed E-state index contributed by atoms with van der Waals surface area (Å²) in [6.45, 7) is 3.99. The van der Waals surface area contributed by atoms with Gasteiger partial charge in [0, 0.05) is 43.5 Å². The van der Waals surface area contributed by atoms with E-state index in [9.17, 15) is 16.8 Å². The fourth-order valence-corrected chi connectivity index (χ4v) is 9.54. The van der Waals surface area contributed by atoms with Crippen LogP contribution in [0, 0.1) is 0 Å². The Morgan fingerprint density at radius 2 is 1.83 bits per heavy atom. The third-order valence-electron chi connectivity index (χ3n) is 6.92. The molecule has 3 aromatic heterocycles. The minimum absolute atomic E-state index is 0.357. The zero-order valence-electron chi connectivity index (χ0n) is 19.9. The number of pyridine rings is 1. The van der Waals surface area contributed by atoms with Crippen molar-refractivity contribution in [2.45, 2.75) is 43.1 Å². The molecule has 3 aromatic rings. The number of rotatable bonds is 5. The van der Waals surface area contributed by atoms with Crippen LogP contribution in [-0.4, -0.2) is 67.9 Å². The van der Waals surface area contributed by atoms with Gasteiger partial charge in [-0.1, -0.05) is 18.6 Å². The van der Waals surface area contributed by atoms with Gasteiger partial charge >= 0.3 is 0 Å². The molecule has 0 amide bonds. The zero-order valence-corrected chi connectivity index (χ0v) is 21.5. The van der Waals surface area contributed by atoms with Crippen molar-refractivity contribution in [3.8, 4) is 0 Å². The third-order valence-corrected chi connectivity index (χ3v) is 11.7. The summed E-state index contributed by atoms with van der Waals surface area (Å²) in [6, 6.07) is 3.41. The highest BCUT2D eigenvalue weighted by Crippen LogP contribution is 2.42. The topological polar surface area (TPSA) is 120 Å². The van der Waals surface area contributed by atoms with Crippen LogP contribution in [0.15, 0.2) is 54.8 Å². The summed E-state index contributed by atoms with van der Waals surface area (Å²) in [5.74, 6) is 0.357. The molecule has 1 aliphatic heterocycles. The molecule has 0 spiro atoms. The Morgan fingerprint density at radius 1 is 1.09 bits per heavy atom. The summed E-state index contributed by atoms with van der Waals surface area (Å²) in [6.07, 6.45) is 11.6. The monoisotopic (exact) mass is 516 g/mol. The number of piperidine rings is 1. The van der Waals surface area contributed by atoms with E-state index in [1.54, 1.807) is 38.4 Å².